The molecule has 2 aromatic rings. The van der Waals surface area contributed by atoms with Crippen LogP contribution in [0, 0.1) is 12.7 Å². The molecule has 5 nitrogen and oxygen atoms in total. The van der Waals surface area contributed by atoms with Crippen LogP contribution >= 0.6 is 0 Å². The molecule has 22 heavy (non-hydrogen) atoms. The van der Waals surface area contributed by atoms with Crippen LogP contribution in [0.25, 0.3) is 0 Å². The molecule has 0 fully saturated rings. The number of carbonyl (C=O) groups excluding carboxylic acids is 1. The first-order valence-electron chi connectivity index (χ1n) is 6.75. The van der Waals surface area contributed by atoms with Gasteiger partial charge >= 0.3 is 0 Å². The van der Waals surface area contributed by atoms with Crippen LogP contribution in [0.4, 0.5) is 15.8 Å². The van der Waals surface area contributed by atoms with Crippen LogP contribution < -0.4 is 10.8 Å². The molecule has 0 aliphatic carbocycles. The summed E-state index contributed by atoms with van der Waals surface area (Å²) in [5, 5.41) is 11.8. The Morgan fingerprint density at radius 2 is 2.14 bits per heavy atom. The van der Waals surface area contributed by atoms with Gasteiger partial charge in [-0.1, -0.05) is 12.1 Å². The van der Waals surface area contributed by atoms with Crippen LogP contribution in [0.15, 0.2) is 41.4 Å². The third-order valence-electron chi connectivity index (χ3n) is 3.49. The lowest BCUT2D eigenvalue weighted by atomic mass is 10.1. The molecule has 0 aromatic heterocycles. The number of fused-ring (bicyclic) bond motifs is 1. The van der Waals surface area contributed by atoms with Gasteiger partial charge in [-0.2, -0.15) is 0 Å². The average molecular weight is 299 g/mol. The van der Waals surface area contributed by atoms with Gasteiger partial charge in [0.15, 0.2) is 0 Å². The van der Waals surface area contributed by atoms with E-state index in [1.807, 2.05) is 0 Å². The molecular weight excluding hydrogens is 285 g/mol. The van der Waals surface area contributed by atoms with Crippen molar-refractivity contribution in [2.75, 3.05) is 5.32 Å². The van der Waals surface area contributed by atoms with Gasteiger partial charge in [0.1, 0.15) is 11.7 Å². The largest absolute Gasteiger partial charge is 0.343 e. The molecule has 0 radical (unpaired) electrons. The molecule has 1 heterocycles. The number of hydrogen-bond acceptors (Lipinski definition) is 4. The fraction of sp³-hybridized carbons (Fsp3) is 0.125. The van der Waals surface area contributed by atoms with E-state index in [1.165, 1.54) is 6.07 Å². The normalized spacial score (nSPS) is 12.6. The Kier molecular flexibility index (Phi) is 3.60. The minimum atomic E-state index is -0.585. The zero-order valence-corrected chi connectivity index (χ0v) is 11.9. The van der Waals surface area contributed by atoms with Crippen LogP contribution in [0.1, 0.15) is 21.5 Å². The van der Waals surface area contributed by atoms with Crippen molar-refractivity contribution in [3.05, 3.63) is 58.9 Å². The molecule has 0 spiro atoms. The molecule has 0 saturated carbocycles. The fourth-order valence-electron chi connectivity index (χ4n) is 2.38. The standard InChI is InChI=1S/C16H14FN3O2/c1-9-5-11-7-15(19-14(11)8-13(9)17)18-12-4-2-3-10(6-12)16(21)20-22/h2-6,8,22H,7H2,1H3,(H,18,19)(H,20,21). The average Bonchev–Trinajstić information content (AvgIpc) is 2.88. The minimum Gasteiger partial charge on any atom is -0.343 e. The predicted molar refractivity (Wildman–Crippen MR) is 81.3 cm³/mol. The highest BCUT2D eigenvalue weighted by atomic mass is 19.1. The van der Waals surface area contributed by atoms with E-state index in [-0.39, 0.29) is 5.82 Å². The Bertz CT molecular complexity index is 787. The van der Waals surface area contributed by atoms with Crippen LogP contribution in [-0.4, -0.2) is 17.0 Å². The SMILES string of the molecule is Cc1cc2c(cc1F)N=C(Nc1cccc(C(=O)NO)c1)C2. The van der Waals surface area contributed by atoms with E-state index in [0.29, 0.717) is 34.8 Å². The summed E-state index contributed by atoms with van der Waals surface area (Å²) in [6.45, 7) is 1.72. The maximum Gasteiger partial charge on any atom is 0.274 e. The maximum absolute atomic E-state index is 13.6. The van der Waals surface area contributed by atoms with Gasteiger partial charge in [-0.3, -0.25) is 10.0 Å². The number of halogens is 1. The molecular formula is C16H14FN3O2. The van der Waals surface area contributed by atoms with Crippen molar-refractivity contribution in [2.45, 2.75) is 13.3 Å². The number of anilines is 1. The molecule has 1 aliphatic heterocycles. The number of aryl methyl sites for hydroxylation is 1. The Morgan fingerprint density at radius 1 is 1.32 bits per heavy atom. The Morgan fingerprint density at radius 3 is 2.91 bits per heavy atom. The molecule has 112 valence electrons. The lowest BCUT2D eigenvalue weighted by Crippen LogP contribution is -2.19. The molecule has 0 unspecified atom stereocenters. The number of benzene rings is 2. The van der Waals surface area contributed by atoms with Crippen molar-refractivity contribution in [1.82, 2.24) is 5.48 Å². The van der Waals surface area contributed by atoms with Crippen molar-refractivity contribution in [3.63, 3.8) is 0 Å². The number of hydroxylamine groups is 1. The number of amidine groups is 1. The summed E-state index contributed by atoms with van der Waals surface area (Å²) >= 11 is 0. The topological polar surface area (TPSA) is 73.7 Å². The summed E-state index contributed by atoms with van der Waals surface area (Å²) in [7, 11) is 0. The zero-order chi connectivity index (χ0) is 15.7. The summed E-state index contributed by atoms with van der Waals surface area (Å²) in [6.07, 6.45) is 0.576. The van der Waals surface area contributed by atoms with Crippen molar-refractivity contribution in [2.24, 2.45) is 4.99 Å². The van der Waals surface area contributed by atoms with E-state index >= 15 is 0 Å². The Balaban J connectivity index is 1.81. The number of nitrogens with one attached hydrogen (secondary N) is 2. The second kappa shape index (κ2) is 5.57. The molecule has 3 N–H and O–H groups in total. The molecule has 0 bridgehead atoms. The van der Waals surface area contributed by atoms with Gasteiger partial charge in [-0.25, -0.2) is 14.9 Å². The van der Waals surface area contributed by atoms with E-state index in [2.05, 4.69) is 10.3 Å². The highest BCUT2D eigenvalue weighted by molar-refractivity contribution is 6.03. The first kappa shape index (κ1) is 14.2. The highest BCUT2D eigenvalue weighted by Gasteiger charge is 2.17. The molecule has 1 amide bonds. The minimum absolute atomic E-state index is 0.273. The smallest absolute Gasteiger partial charge is 0.274 e. The number of hydrogen-bond donors (Lipinski definition) is 3. The van der Waals surface area contributed by atoms with Crippen LogP contribution in [0.5, 0.6) is 0 Å². The van der Waals surface area contributed by atoms with Gasteiger partial charge in [0.25, 0.3) is 5.91 Å². The number of amides is 1. The van der Waals surface area contributed by atoms with E-state index in [4.69, 9.17) is 5.21 Å². The number of aliphatic imine (C=N–C) groups is 1. The van der Waals surface area contributed by atoms with Gasteiger partial charge in [-0.15, -0.1) is 0 Å². The summed E-state index contributed by atoms with van der Waals surface area (Å²) in [5.74, 6) is -0.176. The van der Waals surface area contributed by atoms with Crippen molar-refractivity contribution < 1.29 is 14.4 Å². The van der Waals surface area contributed by atoms with Crippen LogP contribution in [0.2, 0.25) is 0 Å². The number of rotatable bonds is 2. The van der Waals surface area contributed by atoms with Crippen molar-refractivity contribution in [1.29, 1.82) is 0 Å². The lowest BCUT2D eigenvalue weighted by molar-refractivity contribution is 0.0706. The quantitative estimate of drug-likeness (QED) is 0.589. The highest BCUT2D eigenvalue weighted by Crippen LogP contribution is 2.29. The summed E-state index contributed by atoms with van der Waals surface area (Å²) in [4.78, 5) is 15.8. The third kappa shape index (κ3) is 2.68. The molecule has 3 rings (SSSR count). The molecule has 6 heteroatoms. The summed E-state index contributed by atoms with van der Waals surface area (Å²) in [6, 6.07) is 9.88. The predicted octanol–water partition coefficient (Wildman–Crippen LogP) is 2.95. The molecule has 2 aromatic carbocycles. The Labute approximate surface area is 126 Å². The number of carbonyl (C=O) groups is 1. The van der Waals surface area contributed by atoms with E-state index < -0.39 is 5.91 Å². The third-order valence-corrected chi connectivity index (χ3v) is 3.49. The van der Waals surface area contributed by atoms with Crippen LogP contribution in [0.3, 0.4) is 0 Å². The summed E-state index contributed by atoms with van der Waals surface area (Å²) < 4.78 is 13.6. The van der Waals surface area contributed by atoms with Gasteiger partial charge in [0.05, 0.1) is 5.69 Å². The van der Waals surface area contributed by atoms with E-state index in [1.54, 1.807) is 42.7 Å². The van der Waals surface area contributed by atoms with Crippen molar-refractivity contribution >= 4 is 23.1 Å². The van der Waals surface area contributed by atoms with E-state index in [9.17, 15) is 9.18 Å². The molecule has 0 saturated heterocycles. The van der Waals surface area contributed by atoms with Gasteiger partial charge in [-0.05, 0) is 36.2 Å². The van der Waals surface area contributed by atoms with Gasteiger partial charge in [0.2, 0.25) is 0 Å². The first-order chi connectivity index (χ1) is 10.6. The zero-order valence-electron chi connectivity index (χ0n) is 11.9. The fourth-order valence-corrected chi connectivity index (χ4v) is 2.38. The lowest BCUT2D eigenvalue weighted by Gasteiger charge is -2.07. The maximum atomic E-state index is 13.6. The van der Waals surface area contributed by atoms with Gasteiger partial charge < -0.3 is 5.32 Å². The molecule has 0 atom stereocenters. The Hall–Kier alpha value is -2.73. The number of nitrogens with zero attached hydrogens (tertiary/aromatic N) is 1. The second-order valence-electron chi connectivity index (χ2n) is 5.11. The van der Waals surface area contributed by atoms with Crippen LogP contribution in [-0.2, 0) is 6.42 Å². The van der Waals surface area contributed by atoms with Gasteiger partial charge in [0, 0.05) is 23.7 Å². The summed E-state index contributed by atoms with van der Waals surface area (Å²) in [5.41, 5.74) is 4.76. The first-order valence-corrected chi connectivity index (χ1v) is 6.75. The molecule has 1 aliphatic rings. The monoisotopic (exact) mass is 299 g/mol. The second-order valence-corrected chi connectivity index (χ2v) is 5.11. The van der Waals surface area contributed by atoms with E-state index in [0.717, 1.165) is 5.56 Å². The van der Waals surface area contributed by atoms with Crippen molar-refractivity contribution in [3.8, 4) is 0 Å².